The Morgan fingerprint density at radius 1 is 1.23 bits per heavy atom. The Bertz CT molecular complexity index is 414. The van der Waals surface area contributed by atoms with Crippen molar-refractivity contribution < 1.29 is 8.42 Å². The lowest BCUT2D eigenvalue weighted by Crippen LogP contribution is -1.95. The topological polar surface area (TPSA) is 34.1 Å². The molecule has 0 fully saturated rings. The van der Waals surface area contributed by atoms with E-state index in [-0.39, 0.29) is 5.75 Å². The van der Waals surface area contributed by atoms with Gasteiger partial charge in [0.2, 0.25) is 9.05 Å². The van der Waals surface area contributed by atoms with E-state index in [1.165, 1.54) is 12.1 Å². The molecule has 0 aliphatic rings. The molecule has 0 N–H and O–H groups in total. The Labute approximate surface area is 90.8 Å². The van der Waals surface area contributed by atoms with Crippen LogP contribution < -0.4 is 0 Å². The average Bonchev–Trinajstić information content (AvgIpc) is 1.93. The van der Waals surface area contributed by atoms with E-state index >= 15 is 0 Å². The zero-order chi connectivity index (χ0) is 10.1. The van der Waals surface area contributed by atoms with E-state index in [0.717, 1.165) is 0 Å². The Morgan fingerprint density at radius 2 is 1.85 bits per heavy atom. The van der Waals surface area contributed by atoms with Crippen molar-refractivity contribution in [3.05, 3.63) is 33.8 Å². The molecule has 0 amide bonds. The minimum Gasteiger partial charge on any atom is -0.212 e. The summed E-state index contributed by atoms with van der Waals surface area (Å²) in [7, 11) is 1.49. The van der Waals surface area contributed by atoms with Crippen LogP contribution in [0.5, 0.6) is 0 Å². The predicted octanol–water partition coefficient (Wildman–Crippen LogP) is 3.06. The molecule has 0 unspecified atom stereocenters. The zero-order valence-electron chi connectivity index (χ0n) is 6.30. The van der Waals surface area contributed by atoms with Crippen LogP contribution in [0.2, 0.25) is 10.0 Å². The highest BCUT2D eigenvalue weighted by Gasteiger charge is 2.10. The molecule has 0 radical (unpaired) electrons. The van der Waals surface area contributed by atoms with Crippen molar-refractivity contribution in [1.82, 2.24) is 0 Å². The Hall–Kier alpha value is 0.0400. The maximum absolute atomic E-state index is 10.7. The van der Waals surface area contributed by atoms with Crippen molar-refractivity contribution >= 4 is 42.9 Å². The number of hydrogen-bond donors (Lipinski definition) is 0. The van der Waals surface area contributed by atoms with Crippen LogP contribution in [0.15, 0.2) is 18.2 Å². The maximum Gasteiger partial charge on any atom is 0.236 e. The third-order valence-electron chi connectivity index (χ3n) is 1.34. The van der Waals surface area contributed by atoms with Gasteiger partial charge in [-0.2, -0.15) is 0 Å². The molecule has 0 aliphatic heterocycles. The highest BCUT2D eigenvalue weighted by molar-refractivity contribution is 8.13. The molecule has 0 atom stereocenters. The fourth-order valence-corrected chi connectivity index (χ4v) is 2.35. The van der Waals surface area contributed by atoms with E-state index in [9.17, 15) is 8.42 Å². The van der Waals surface area contributed by atoms with Gasteiger partial charge in [-0.3, -0.25) is 0 Å². The van der Waals surface area contributed by atoms with E-state index in [1.54, 1.807) is 6.07 Å². The van der Waals surface area contributed by atoms with Gasteiger partial charge >= 0.3 is 0 Å². The minimum absolute atomic E-state index is 0.287. The molecule has 1 aromatic rings. The van der Waals surface area contributed by atoms with Crippen molar-refractivity contribution in [1.29, 1.82) is 0 Å². The van der Waals surface area contributed by atoms with Gasteiger partial charge in [0, 0.05) is 20.7 Å². The first-order chi connectivity index (χ1) is 5.88. The van der Waals surface area contributed by atoms with Crippen molar-refractivity contribution in [2.24, 2.45) is 0 Å². The van der Waals surface area contributed by atoms with Gasteiger partial charge in [0.1, 0.15) is 0 Å². The van der Waals surface area contributed by atoms with Crippen LogP contribution in [0, 0.1) is 0 Å². The van der Waals surface area contributed by atoms with E-state index in [2.05, 4.69) is 0 Å². The number of rotatable bonds is 2. The fraction of sp³-hybridized carbons (Fsp3) is 0.143. The second-order valence-corrected chi connectivity index (χ2v) is 6.04. The largest absolute Gasteiger partial charge is 0.236 e. The van der Waals surface area contributed by atoms with Gasteiger partial charge in [0.15, 0.2) is 0 Å². The van der Waals surface area contributed by atoms with Crippen molar-refractivity contribution in [3.63, 3.8) is 0 Å². The summed E-state index contributed by atoms with van der Waals surface area (Å²) in [5.74, 6) is -0.287. The van der Waals surface area contributed by atoms with Crippen LogP contribution in [-0.2, 0) is 14.8 Å². The molecular formula is C7H5Cl3O2S. The third-order valence-corrected chi connectivity index (χ3v) is 2.91. The summed E-state index contributed by atoms with van der Waals surface area (Å²) in [6.45, 7) is 0. The predicted molar refractivity (Wildman–Crippen MR) is 54.9 cm³/mol. The first-order valence-corrected chi connectivity index (χ1v) is 6.48. The number of halogens is 3. The fourth-order valence-electron chi connectivity index (χ4n) is 0.824. The summed E-state index contributed by atoms with van der Waals surface area (Å²) in [6.07, 6.45) is 0. The van der Waals surface area contributed by atoms with Gasteiger partial charge in [-0.15, -0.1) is 0 Å². The van der Waals surface area contributed by atoms with Crippen LogP contribution in [0.3, 0.4) is 0 Å². The lowest BCUT2D eigenvalue weighted by molar-refractivity contribution is 0.609. The van der Waals surface area contributed by atoms with E-state index in [1.807, 2.05) is 0 Å². The van der Waals surface area contributed by atoms with Gasteiger partial charge in [-0.1, -0.05) is 29.3 Å². The van der Waals surface area contributed by atoms with Crippen molar-refractivity contribution in [2.45, 2.75) is 5.75 Å². The van der Waals surface area contributed by atoms with Crippen LogP contribution >= 0.6 is 33.9 Å². The molecule has 0 saturated carbocycles. The Morgan fingerprint density at radius 3 is 2.31 bits per heavy atom. The Balaban J connectivity index is 3.04. The van der Waals surface area contributed by atoms with E-state index in [4.69, 9.17) is 33.9 Å². The van der Waals surface area contributed by atoms with Gasteiger partial charge in [0.25, 0.3) is 0 Å². The van der Waals surface area contributed by atoms with Crippen molar-refractivity contribution in [2.75, 3.05) is 0 Å². The summed E-state index contributed by atoms with van der Waals surface area (Å²) in [5, 5.41) is 0.762. The molecule has 0 bridgehead atoms. The highest BCUT2D eigenvalue weighted by Crippen LogP contribution is 2.23. The second-order valence-electron chi connectivity index (χ2n) is 2.42. The summed E-state index contributed by atoms with van der Waals surface area (Å²) < 4.78 is 21.4. The minimum atomic E-state index is -3.57. The summed E-state index contributed by atoms with van der Waals surface area (Å²) in [4.78, 5) is 0. The first-order valence-electron chi connectivity index (χ1n) is 3.25. The standard InChI is InChI=1S/C7H5Cl3O2S/c8-6-2-1-5(7(9)3-6)4-13(10,11)12/h1-3H,4H2. The van der Waals surface area contributed by atoms with Crippen LogP contribution in [0.25, 0.3) is 0 Å². The monoisotopic (exact) mass is 258 g/mol. The maximum atomic E-state index is 10.7. The molecule has 13 heavy (non-hydrogen) atoms. The van der Waals surface area contributed by atoms with Crippen molar-refractivity contribution in [3.8, 4) is 0 Å². The molecule has 6 heteroatoms. The molecule has 0 heterocycles. The normalized spacial score (nSPS) is 11.6. The van der Waals surface area contributed by atoms with E-state index in [0.29, 0.717) is 15.6 Å². The summed E-state index contributed by atoms with van der Waals surface area (Å²) in [5.41, 5.74) is 0.445. The van der Waals surface area contributed by atoms with E-state index < -0.39 is 9.05 Å². The second kappa shape index (κ2) is 4.05. The first kappa shape index (κ1) is 11.1. The molecule has 0 spiro atoms. The van der Waals surface area contributed by atoms with Crippen LogP contribution in [-0.4, -0.2) is 8.42 Å². The van der Waals surface area contributed by atoms with Gasteiger partial charge in [-0.25, -0.2) is 8.42 Å². The van der Waals surface area contributed by atoms with Gasteiger partial charge < -0.3 is 0 Å². The highest BCUT2D eigenvalue weighted by atomic mass is 35.7. The molecule has 0 aliphatic carbocycles. The molecule has 72 valence electrons. The lowest BCUT2D eigenvalue weighted by atomic mass is 10.2. The third kappa shape index (κ3) is 3.73. The lowest BCUT2D eigenvalue weighted by Gasteiger charge is -2.01. The average molecular weight is 260 g/mol. The van der Waals surface area contributed by atoms with Gasteiger partial charge in [0.05, 0.1) is 5.75 Å². The number of hydrogen-bond acceptors (Lipinski definition) is 2. The smallest absolute Gasteiger partial charge is 0.212 e. The zero-order valence-corrected chi connectivity index (χ0v) is 9.38. The molecule has 0 aromatic heterocycles. The summed E-state index contributed by atoms with van der Waals surface area (Å²) >= 11 is 11.3. The van der Waals surface area contributed by atoms with Crippen LogP contribution in [0.4, 0.5) is 0 Å². The molecule has 1 aromatic carbocycles. The van der Waals surface area contributed by atoms with Gasteiger partial charge in [-0.05, 0) is 17.7 Å². The van der Waals surface area contributed by atoms with Crippen LogP contribution in [0.1, 0.15) is 5.56 Å². The number of benzene rings is 1. The Kier molecular flexibility index (Phi) is 3.46. The quantitative estimate of drug-likeness (QED) is 0.765. The molecular weight excluding hydrogens is 255 g/mol. The molecule has 1 rings (SSSR count). The SMILES string of the molecule is O=S(=O)(Cl)Cc1ccc(Cl)cc1Cl. The summed E-state index contributed by atoms with van der Waals surface area (Å²) in [6, 6.07) is 4.57. The molecule has 2 nitrogen and oxygen atoms in total. The molecule has 0 saturated heterocycles.